The van der Waals surface area contributed by atoms with Gasteiger partial charge in [-0.25, -0.2) is 0 Å². The van der Waals surface area contributed by atoms with Gasteiger partial charge < -0.3 is 15.0 Å². The largest absolute Gasteiger partial charge is 0.468 e. The molecule has 1 rings (SSSR count). The van der Waals surface area contributed by atoms with Crippen molar-refractivity contribution in [3.8, 4) is 0 Å². The SMILES string of the molecule is CCCN(CC(=O)OC)C(=O)CC1CCCNC1. The van der Waals surface area contributed by atoms with Gasteiger partial charge in [0.2, 0.25) is 5.91 Å². The quantitative estimate of drug-likeness (QED) is 0.714. The van der Waals surface area contributed by atoms with Crippen molar-refractivity contribution < 1.29 is 14.3 Å². The first-order valence-electron chi connectivity index (χ1n) is 6.72. The zero-order valence-corrected chi connectivity index (χ0v) is 11.4. The van der Waals surface area contributed by atoms with Gasteiger partial charge in [0, 0.05) is 13.0 Å². The second-order valence-corrected chi connectivity index (χ2v) is 4.81. The summed E-state index contributed by atoms with van der Waals surface area (Å²) in [7, 11) is 1.35. The van der Waals surface area contributed by atoms with E-state index < -0.39 is 0 Å². The minimum atomic E-state index is -0.349. The van der Waals surface area contributed by atoms with Crippen molar-refractivity contribution in [2.45, 2.75) is 32.6 Å². The first-order chi connectivity index (χ1) is 8.67. The Labute approximate surface area is 109 Å². The zero-order valence-electron chi connectivity index (χ0n) is 11.4. The highest BCUT2D eigenvalue weighted by Gasteiger charge is 2.22. The molecule has 1 amide bonds. The standard InChI is InChI=1S/C13H24N2O3/c1-3-7-15(10-13(17)18-2)12(16)8-11-5-4-6-14-9-11/h11,14H,3-10H2,1-2H3. The number of amides is 1. The van der Waals surface area contributed by atoms with Crippen LogP contribution in [0.1, 0.15) is 32.6 Å². The monoisotopic (exact) mass is 256 g/mol. The summed E-state index contributed by atoms with van der Waals surface area (Å²) >= 11 is 0. The van der Waals surface area contributed by atoms with Crippen molar-refractivity contribution in [3.63, 3.8) is 0 Å². The molecule has 0 radical (unpaired) electrons. The molecule has 104 valence electrons. The second kappa shape index (κ2) is 8.08. The molecule has 0 aliphatic carbocycles. The molecular weight excluding hydrogens is 232 g/mol. The van der Waals surface area contributed by atoms with E-state index in [-0.39, 0.29) is 18.4 Å². The van der Waals surface area contributed by atoms with Crippen LogP contribution in [0.4, 0.5) is 0 Å². The van der Waals surface area contributed by atoms with Crippen molar-refractivity contribution in [1.29, 1.82) is 0 Å². The number of esters is 1. The fraction of sp³-hybridized carbons (Fsp3) is 0.846. The molecule has 1 heterocycles. The number of hydrogen-bond donors (Lipinski definition) is 1. The number of nitrogens with one attached hydrogen (secondary N) is 1. The van der Waals surface area contributed by atoms with Gasteiger partial charge in [0.05, 0.1) is 7.11 Å². The molecule has 1 atom stereocenters. The molecule has 0 aromatic rings. The van der Waals surface area contributed by atoms with Gasteiger partial charge in [-0.2, -0.15) is 0 Å². The van der Waals surface area contributed by atoms with Crippen LogP contribution in [-0.2, 0) is 14.3 Å². The molecule has 1 aliphatic rings. The number of piperidine rings is 1. The normalized spacial score (nSPS) is 19.3. The molecule has 1 fully saturated rings. The number of hydrogen-bond acceptors (Lipinski definition) is 4. The number of rotatable bonds is 6. The average molecular weight is 256 g/mol. The minimum Gasteiger partial charge on any atom is -0.468 e. The summed E-state index contributed by atoms with van der Waals surface area (Å²) < 4.78 is 4.62. The van der Waals surface area contributed by atoms with Gasteiger partial charge in [0.15, 0.2) is 0 Å². The van der Waals surface area contributed by atoms with Gasteiger partial charge in [-0.1, -0.05) is 6.92 Å². The molecule has 18 heavy (non-hydrogen) atoms. The highest BCUT2D eigenvalue weighted by atomic mass is 16.5. The van der Waals surface area contributed by atoms with Gasteiger partial charge in [0.1, 0.15) is 6.54 Å². The van der Waals surface area contributed by atoms with E-state index in [9.17, 15) is 9.59 Å². The van der Waals surface area contributed by atoms with Gasteiger partial charge in [-0.15, -0.1) is 0 Å². The number of carbonyl (C=O) groups is 2. The third kappa shape index (κ3) is 5.04. The average Bonchev–Trinajstić information content (AvgIpc) is 2.39. The molecule has 0 aromatic heterocycles. The van der Waals surface area contributed by atoms with Crippen LogP contribution in [0.5, 0.6) is 0 Å². The Morgan fingerprint density at radius 1 is 1.44 bits per heavy atom. The summed E-state index contributed by atoms with van der Waals surface area (Å²) in [6.45, 7) is 4.65. The van der Waals surface area contributed by atoms with E-state index in [0.29, 0.717) is 18.9 Å². The lowest BCUT2D eigenvalue weighted by Crippen LogP contribution is -2.39. The summed E-state index contributed by atoms with van der Waals surface area (Å²) in [5.74, 6) is 0.123. The number of carbonyl (C=O) groups excluding carboxylic acids is 2. The van der Waals surface area contributed by atoms with E-state index in [2.05, 4.69) is 10.1 Å². The van der Waals surface area contributed by atoms with Crippen LogP contribution in [0.3, 0.4) is 0 Å². The molecule has 0 bridgehead atoms. The fourth-order valence-corrected chi connectivity index (χ4v) is 2.26. The van der Waals surface area contributed by atoms with E-state index in [1.165, 1.54) is 7.11 Å². The van der Waals surface area contributed by atoms with E-state index in [0.717, 1.165) is 32.4 Å². The third-order valence-electron chi connectivity index (χ3n) is 3.26. The van der Waals surface area contributed by atoms with Crippen LogP contribution in [0.2, 0.25) is 0 Å². The maximum atomic E-state index is 12.1. The van der Waals surface area contributed by atoms with Gasteiger partial charge in [-0.05, 0) is 38.3 Å². The summed E-state index contributed by atoms with van der Waals surface area (Å²) in [6, 6.07) is 0. The van der Waals surface area contributed by atoms with Gasteiger partial charge in [-0.3, -0.25) is 9.59 Å². The van der Waals surface area contributed by atoms with E-state index in [1.54, 1.807) is 4.90 Å². The van der Waals surface area contributed by atoms with E-state index in [1.807, 2.05) is 6.92 Å². The lowest BCUT2D eigenvalue weighted by molar-refractivity contribution is -0.147. The summed E-state index contributed by atoms with van der Waals surface area (Å²) in [4.78, 5) is 25.0. The first-order valence-corrected chi connectivity index (χ1v) is 6.72. The van der Waals surface area contributed by atoms with Crippen molar-refractivity contribution in [2.24, 2.45) is 5.92 Å². The second-order valence-electron chi connectivity index (χ2n) is 4.81. The third-order valence-corrected chi connectivity index (χ3v) is 3.26. The highest BCUT2D eigenvalue weighted by Crippen LogP contribution is 2.15. The number of ether oxygens (including phenoxy) is 1. The zero-order chi connectivity index (χ0) is 13.4. The van der Waals surface area contributed by atoms with Crippen LogP contribution in [0.25, 0.3) is 0 Å². The fourth-order valence-electron chi connectivity index (χ4n) is 2.26. The van der Waals surface area contributed by atoms with Crippen LogP contribution in [0.15, 0.2) is 0 Å². The Kier molecular flexibility index (Phi) is 6.72. The summed E-state index contributed by atoms with van der Waals surface area (Å²) in [6.07, 6.45) is 3.61. The Morgan fingerprint density at radius 2 is 2.22 bits per heavy atom. The molecule has 1 saturated heterocycles. The Morgan fingerprint density at radius 3 is 2.78 bits per heavy atom. The Hall–Kier alpha value is -1.10. The molecule has 1 aliphatic heterocycles. The van der Waals surface area contributed by atoms with Crippen molar-refractivity contribution >= 4 is 11.9 Å². The van der Waals surface area contributed by atoms with Crippen molar-refractivity contribution in [3.05, 3.63) is 0 Å². The maximum Gasteiger partial charge on any atom is 0.325 e. The Balaban J connectivity index is 2.44. The molecule has 5 nitrogen and oxygen atoms in total. The minimum absolute atomic E-state index is 0.0657. The maximum absolute atomic E-state index is 12.1. The van der Waals surface area contributed by atoms with Crippen LogP contribution in [0, 0.1) is 5.92 Å². The molecule has 1 unspecified atom stereocenters. The smallest absolute Gasteiger partial charge is 0.325 e. The van der Waals surface area contributed by atoms with Crippen molar-refractivity contribution in [2.75, 3.05) is 33.3 Å². The predicted octanol–water partition coefficient (Wildman–Crippen LogP) is 0.788. The molecule has 5 heteroatoms. The molecule has 0 saturated carbocycles. The van der Waals surface area contributed by atoms with Crippen molar-refractivity contribution in [1.82, 2.24) is 10.2 Å². The molecule has 1 N–H and O–H groups in total. The summed E-state index contributed by atoms with van der Waals surface area (Å²) in [5, 5.41) is 3.30. The lowest BCUT2D eigenvalue weighted by Gasteiger charge is -2.26. The van der Waals surface area contributed by atoms with E-state index >= 15 is 0 Å². The molecular formula is C13H24N2O3. The molecule has 0 spiro atoms. The Bertz CT molecular complexity index is 275. The number of nitrogens with zero attached hydrogens (tertiary/aromatic N) is 1. The first kappa shape index (κ1) is 15.0. The lowest BCUT2D eigenvalue weighted by atomic mass is 9.95. The van der Waals surface area contributed by atoms with Gasteiger partial charge in [0.25, 0.3) is 0 Å². The highest BCUT2D eigenvalue weighted by molar-refractivity contribution is 5.82. The topological polar surface area (TPSA) is 58.6 Å². The van der Waals surface area contributed by atoms with Crippen LogP contribution < -0.4 is 5.32 Å². The van der Waals surface area contributed by atoms with E-state index in [4.69, 9.17) is 0 Å². The van der Waals surface area contributed by atoms with Crippen LogP contribution in [-0.4, -0.2) is 50.1 Å². The van der Waals surface area contributed by atoms with Gasteiger partial charge >= 0.3 is 5.97 Å². The predicted molar refractivity (Wildman–Crippen MR) is 69.1 cm³/mol. The number of methoxy groups -OCH3 is 1. The molecule has 0 aromatic carbocycles. The summed E-state index contributed by atoms with van der Waals surface area (Å²) in [5.41, 5.74) is 0. The van der Waals surface area contributed by atoms with Crippen LogP contribution >= 0.6 is 0 Å².